The van der Waals surface area contributed by atoms with Crippen molar-refractivity contribution in [2.75, 3.05) is 26.7 Å². The van der Waals surface area contributed by atoms with Crippen LogP contribution in [0, 0.1) is 0 Å². The van der Waals surface area contributed by atoms with Crippen LogP contribution in [0.2, 0.25) is 0 Å². The van der Waals surface area contributed by atoms with E-state index in [-0.39, 0.29) is 25.2 Å². The molecule has 0 aliphatic carbocycles. The molecule has 1 aromatic rings. The average Bonchev–Trinajstić information content (AvgIpc) is 2.52. The summed E-state index contributed by atoms with van der Waals surface area (Å²) in [6, 6.07) is 4.54. The van der Waals surface area contributed by atoms with Crippen molar-refractivity contribution in [2.24, 2.45) is 0 Å². The van der Waals surface area contributed by atoms with Crippen LogP contribution in [0.3, 0.4) is 0 Å². The molecule has 2 amide bonds. The van der Waals surface area contributed by atoms with Crippen molar-refractivity contribution in [3.63, 3.8) is 0 Å². The van der Waals surface area contributed by atoms with Gasteiger partial charge >= 0.3 is 12.1 Å². The lowest BCUT2D eigenvalue weighted by Crippen LogP contribution is -2.42. The normalized spacial score (nSPS) is 11.2. The number of likely N-dealkylation sites (N-methyl/N-ethyl adjacent to an activating group) is 1. The molecule has 0 bridgehead atoms. The zero-order valence-corrected chi connectivity index (χ0v) is 13.4. The number of hydrogen-bond donors (Lipinski definition) is 3. The summed E-state index contributed by atoms with van der Waals surface area (Å²) in [6.45, 7) is -1.24. The molecule has 0 fully saturated rings. The predicted octanol–water partition coefficient (Wildman–Crippen LogP) is 0.454. The van der Waals surface area contributed by atoms with Crippen LogP contribution in [0.5, 0.6) is 0 Å². The molecular formula is C15H18F3N3O4. The van der Waals surface area contributed by atoms with Crippen LogP contribution in [-0.2, 0) is 27.1 Å². The molecule has 0 aliphatic rings. The van der Waals surface area contributed by atoms with Crippen molar-refractivity contribution in [3.8, 4) is 0 Å². The molecule has 0 unspecified atom stereocenters. The van der Waals surface area contributed by atoms with Crippen LogP contribution in [0.25, 0.3) is 0 Å². The molecular weight excluding hydrogens is 343 g/mol. The quantitative estimate of drug-likeness (QED) is 0.625. The van der Waals surface area contributed by atoms with E-state index in [4.69, 9.17) is 5.11 Å². The fourth-order valence-corrected chi connectivity index (χ4v) is 1.99. The van der Waals surface area contributed by atoms with Gasteiger partial charge in [-0.05, 0) is 11.6 Å². The lowest BCUT2D eigenvalue weighted by molar-refractivity contribution is -0.138. The van der Waals surface area contributed by atoms with Crippen molar-refractivity contribution in [2.45, 2.75) is 12.7 Å². The summed E-state index contributed by atoms with van der Waals surface area (Å²) in [6.07, 6.45) is -4.50. The van der Waals surface area contributed by atoms with Crippen LogP contribution < -0.4 is 10.6 Å². The van der Waals surface area contributed by atoms with Gasteiger partial charge in [-0.25, -0.2) is 0 Å². The minimum absolute atomic E-state index is 0.0855. The lowest BCUT2D eigenvalue weighted by Gasteiger charge is -2.21. The summed E-state index contributed by atoms with van der Waals surface area (Å²) >= 11 is 0. The van der Waals surface area contributed by atoms with Crippen LogP contribution in [-0.4, -0.2) is 54.5 Å². The Morgan fingerprint density at radius 1 is 1.16 bits per heavy atom. The number of halogens is 3. The van der Waals surface area contributed by atoms with Gasteiger partial charge in [0.15, 0.2) is 0 Å². The summed E-state index contributed by atoms with van der Waals surface area (Å²) in [5, 5.41) is 13.0. The van der Waals surface area contributed by atoms with E-state index in [0.29, 0.717) is 0 Å². The number of amides is 2. The van der Waals surface area contributed by atoms with E-state index in [1.54, 1.807) is 0 Å². The first-order chi connectivity index (χ1) is 11.6. The number of nitrogens with one attached hydrogen (secondary N) is 2. The van der Waals surface area contributed by atoms with Gasteiger partial charge in [0.2, 0.25) is 11.8 Å². The summed E-state index contributed by atoms with van der Waals surface area (Å²) in [5.41, 5.74) is -0.565. The Bertz CT molecular complexity index is 635. The first-order valence-corrected chi connectivity index (χ1v) is 7.19. The molecule has 0 aliphatic heterocycles. The highest BCUT2D eigenvalue weighted by atomic mass is 19.4. The van der Waals surface area contributed by atoms with Crippen molar-refractivity contribution >= 4 is 17.8 Å². The third-order valence-electron chi connectivity index (χ3n) is 3.11. The van der Waals surface area contributed by atoms with E-state index < -0.39 is 36.1 Å². The first-order valence-electron chi connectivity index (χ1n) is 7.19. The van der Waals surface area contributed by atoms with Gasteiger partial charge in [-0.3, -0.25) is 19.3 Å². The van der Waals surface area contributed by atoms with Crippen LogP contribution >= 0.6 is 0 Å². The second-order valence-electron chi connectivity index (χ2n) is 5.19. The Morgan fingerprint density at radius 2 is 1.80 bits per heavy atom. The van der Waals surface area contributed by atoms with Crippen LogP contribution in [0.4, 0.5) is 13.2 Å². The molecule has 0 spiro atoms. The molecule has 0 saturated heterocycles. The van der Waals surface area contributed by atoms with Gasteiger partial charge in [0, 0.05) is 13.6 Å². The summed E-state index contributed by atoms with van der Waals surface area (Å²) < 4.78 is 38.3. The van der Waals surface area contributed by atoms with E-state index in [1.807, 2.05) is 0 Å². The van der Waals surface area contributed by atoms with Crippen molar-refractivity contribution in [3.05, 3.63) is 35.4 Å². The monoisotopic (exact) mass is 361 g/mol. The van der Waals surface area contributed by atoms with Crippen molar-refractivity contribution in [1.29, 1.82) is 0 Å². The maximum absolute atomic E-state index is 12.8. The van der Waals surface area contributed by atoms with Crippen molar-refractivity contribution < 1.29 is 32.7 Å². The second kappa shape index (κ2) is 9.02. The van der Waals surface area contributed by atoms with E-state index in [0.717, 1.165) is 12.1 Å². The number of carboxylic acid groups (broad SMARTS) is 1. The Kier molecular flexibility index (Phi) is 7.37. The molecule has 3 N–H and O–H groups in total. The fraction of sp³-hybridized carbons (Fsp3) is 0.400. The molecule has 0 heterocycles. The molecule has 0 saturated carbocycles. The molecule has 1 rings (SSSR count). The zero-order chi connectivity index (χ0) is 19.0. The van der Waals surface area contributed by atoms with Crippen LogP contribution in [0.15, 0.2) is 24.3 Å². The number of alkyl halides is 3. The Morgan fingerprint density at radius 3 is 2.36 bits per heavy atom. The average molecular weight is 361 g/mol. The molecule has 0 atom stereocenters. The van der Waals surface area contributed by atoms with Crippen molar-refractivity contribution in [1.82, 2.24) is 15.5 Å². The van der Waals surface area contributed by atoms with Crippen LogP contribution in [0.1, 0.15) is 11.1 Å². The highest BCUT2D eigenvalue weighted by Crippen LogP contribution is 2.29. The zero-order valence-electron chi connectivity index (χ0n) is 13.4. The molecule has 7 nitrogen and oxygen atoms in total. The second-order valence-corrected chi connectivity index (χ2v) is 5.19. The van der Waals surface area contributed by atoms with E-state index >= 15 is 0 Å². The summed E-state index contributed by atoms with van der Waals surface area (Å²) in [7, 11) is 1.38. The number of carbonyl (C=O) groups is 3. The minimum atomic E-state index is -4.50. The number of carboxylic acids is 1. The largest absolute Gasteiger partial charge is 0.480 e. The number of aliphatic carboxylic acids is 1. The molecule has 1 aromatic carbocycles. The van der Waals surface area contributed by atoms with Gasteiger partial charge < -0.3 is 15.7 Å². The number of rotatable bonds is 8. The summed E-state index contributed by atoms with van der Waals surface area (Å²) in [5.74, 6) is -2.32. The van der Waals surface area contributed by atoms with Gasteiger partial charge in [0.25, 0.3) is 0 Å². The first kappa shape index (κ1) is 20.4. The maximum Gasteiger partial charge on any atom is 0.416 e. The Hall–Kier alpha value is -2.62. The third-order valence-corrected chi connectivity index (χ3v) is 3.11. The number of carbonyl (C=O) groups excluding carboxylic acids is 2. The number of nitrogens with zero attached hydrogens (tertiary/aromatic N) is 1. The van der Waals surface area contributed by atoms with Gasteiger partial charge in [-0.1, -0.05) is 18.2 Å². The predicted molar refractivity (Wildman–Crippen MR) is 81.4 cm³/mol. The van der Waals surface area contributed by atoms with E-state index in [9.17, 15) is 27.6 Å². The SMILES string of the molecule is CNC(=O)CN(CC(=O)NCC(=O)O)Cc1cccc(C(F)(F)F)c1. The van der Waals surface area contributed by atoms with Gasteiger partial charge in [-0.15, -0.1) is 0 Å². The highest BCUT2D eigenvalue weighted by Gasteiger charge is 2.30. The Balaban J connectivity index is 2.84. The van der Waals surface area contributed by atoms with E-state index in [2.05, 4.69) is 10.6 Å². The topological polar surface area (TPSA) is 98.7 Å². The number of hydrogen-bond acceptors (Lipinski definition) is 4. The Labute approximate surface area is 141 Å². The fourth-order valence-electron chi connectivity index (χ4n) is 1.99. The maximum atomic E-state index is 12.8. The van der Waals surface area contributed by atoms with Gasteiger partial charge in [0.05, 0.1) is 18.7 Å². The number of benzene rings is 1. The molecule has 25 heavy (non-hydrogen) atoms. The van der Waals surface area contributed by atoms with Gasteiger partial charge in [-0.2, -0.15) is 13.2 Å². The highest BCUT2D eigenvalue weighted by molar-refractivity contribution is 5.83. The molecule has 0 aromatic heterocycles. The smallest absolute Gasteiger partial charge is 0.416 e. The summed E-state index contributed by atoms with van der Waals surface area (Å²) in [4.78, 5) is 35.0. The van der Waals surface area contributed by atoms with E-state index in [1.165, 1.54) is 24.1 Å². The third kappa shape index (κ3) is 7.66. The molecule has 138 valence electrons. The van der Waals surface area contributed by atoms with Gasteiger partial charge in [0.1, 0.15) is 6.54 Å². The standard InChI is InChI=1S/C15H18F3N3O4/c1-19-12(22)8-21(9-13(23)20-6-14(24)25)7-10-3-2-4-11(5-10)15(16,17)18/h2-5H,6-9H2,1H3,(H,19,22)(H,20,23)(H,24,25). The molecule has 10 heteroatoms. The molecule has 0 radical (unpaired) electrons. The minimum Gasteiger partial charge on any atom is -0.480 e. The lowest BCUT2D eigenvalue weighted by atomic mass is 10.1.